The minimum Gasteiger partial charge on any atom is -0.444 e. The van der Waals surface area contributed by atoms with Crippen molar-refractivity contribution in [2.45, 2.75) is 51.9 Å². The number of piperidine rings is 1. The molecule has 179 valence electrons. The average molecular weight is 463 g/mol. The third kappa shape index (κ3) is 5.56. The monoisotopic (exact) mass is 463 g/mol. The Hall–Kier alpha value is -2.98. The van der Waals surface area contributed by atoms with E-state index in [0.717, 1.165) is 49.8 Å². The molecule has 0 saturated carbocycles. The topological polar surface area (TPSA) is 90.9 Å². The molecule has 2 aromatic rings. The molecule has 1 atom stereocenters. The molecule has 0 unspecified atom stereocenters. The number of hydrogen-bond acceptors (Lipinski definition) is 8. The number of cyclic esters (lactones) is 1. The Morgan fingerprint density at radius 2 is 2.03 bits per heavy atom. The lowest BCUT2D eigenvalue weighted by atomic mass is 9.89. The van der Waals surface area contributed by atoms with Gasteiger partial charge in [0.25, 0.3) is 7.41 Å². The fraction of sp³-hybridized carbons (Fsp3) is 0.500. The Labute approximate surface area is 201 Å². The van der Waals surface area contributed by atoms with E-state index in [2.05, 4.69) is 63.2 Å². The van der Waals surface area contributed by atoms with Crippen molar-refractivity contribution in [2.24, 2.45) is 0 Å². The predicted molar refractivity (Wildman–Crippen MR) is 132 cm³/mol. The van der Waals surface area contributed by atoms with Crippen molar-refractivity contribution < 1.29 is 14.3 Å². The second-order valence-electron chi connectivity index (χ2n) is 8.92. The Bertz CT molecular complexity index is 997. The molecule has 34 heavy (non-hydrogen) atoms. The number of aromatic nitrogens is 2. The SMILES string of the molecule is CCN1C(=O)OCc2cnc(N[C@@H](C)c3ccc(CN(C)C4CCN([B]C=O)CC4)cc3)nc21. The maximum Gasteiger partial charge on any atom is 0.415 e. The van der Waals surface area contributed by atoms with E-state index < -0.39 is 0 Å². The fourth-order valence-corrected chi connectivity index (χ4v) is 4.55. The summed E-state index contributed by atoms with van der Waals surface area (Å²) in [5, 5.41) is 3.35. The minimum absolute atomic E-state index is 0.00819. The van der Waals surface area contributed by atoms with Crippen molar-refractivity contribution in [1.82, 2.24) is 19.7 Å². The molecule has 10 heteroatoms. The number of benzene rings is 1. The van der Waals surface area contributed by atoms with Gasteiger partial charge in [-0.1, -0.05) is 24.3 Å². The number of nitrogens with one attached hydrogen (secondary N) is 1. The highest BCUT2D eigenvalue weighted by molar-refractivity contribution is 6.64. The molecule has 0 spiro atoms. The number of nitrogens with zero attached hydrogens (tertiary/aromatic N) is 5. The third-order valence-corrected chi connectivity index (χ3v) is 6.64. The zero-order valence-corrected chi connectivity index (χ0v) is 20.1. The highest BCUT2D eigenvalue weighted by atomic mass is 16.6. The maximum absolute atomic E-state index is 12.0. The number of carbonyl (C=O) groups excluding carboxylic acids is 2. The fourth-order valence-electron chi connectivity index (χ4n) is 4.55. The van der Waals surface area contributed by atoms with E-state index in [1.807, 2.05) is 6.92 Å². The Balaban J connectivity index is 1.34. The molecule has 1 radical (unpaired) electrons. The molecule has 4 rings (SSSR count). The lowest BCUT2D eigenvalue weighted by molar-refractivity contribution is 0.141. The molecule has 0 aliphatic carbocycles. The van der Waals surface area contributed by atoms with Crippen LogP contribution in [0.25, 0.3) is 0 Å². The van der Waals surface area contributed by atoms with E-state index in [4.69, 9.17) is 4.74 Å². The molecule has 1 saturated heterocycles. The minimum atomic E-state index is -0.377. The molecule has 2 aliphatic rings. The number of anilines is 2. The van der Waals surface area contributed by atoms with Crippen molar-refractivity contribution in [3.63, 3.8) is 0 Å². The van der Waals surface area contributed by atoms with Crippen LogP contribution in [0.5, 0.6) is 0 Å². The van der Waals surface area contributed by atoms with Crippen LogP contribution in [0.2, 0.25) is 0 Å². The first-order valence-electron chi connectivity index (χ1n) is 11.9. The molecular weight excluding hydrogens is 431 g/mol. The first-order chi connectivity index (χ1) is 16.5. The van der Waals surface area contributed by atoms with Gasteiger partial charge >= 0.3 is 6.09 Å². The Morgan fingerprint density at radius 1 is 1.29 bits per heavy atom. The highest BCUT2D eigenvalue weighted by Gasteiger charge is 2.27. The van der Waals surface area contributed by atoms with Crippen LogP contribution in [0.4, 0.5) is 16.6 Å². The van der Waals surface area contributed by atoms with Crippen LogP contribution in [0, 0.1) is 0 Å². The number of amides is 1. The molecule has 3 heterocycles. The van der Waals surface area contributed by atoms with Crippen LogP contribution < -0.4 is 10.2 Å². The summed E-state index contributed by atoms with van der Waals surface area (Å²) in [4.78, 5) is 37.7. The second-order valence-corrected chi connectivity index (χ2v) is 8.92. The molecule has 1 amide bonds. The van der Waals surface area contributed by atoms with Crippen LogP contribution in [0.3, 0.4) is 0 Å². The summed E-state index contributed by atoms with van der Waals surface area (Å²) in [5.41, 5.74) is 3.21. The van der Waals surface area contributed by atoms with Gasteiger partial charge < -0.3 is 19.7 Å². The summed E-state index contributed by atoms with van der Waals surface area (Å²) in [6, 6.07) is 9.14. The number of hydrogen-bond donors (Lipinski definition) is 1. The molecule has 1 N–H and O–H groups in total. The van der Waals surface area contributed by atoms with Crippen LogP contribution in [0.15, 0.2) is 30.5 Å². The highest BCUT2D eigenvalue weighted by Crippen LogP contribution is 2.26. The largest absolute Gasteiger partial charge is 0.444 e. The van der Waals surface area contributed by atoms with E-state index in [1.165, 1.54) is 10.5 Å². The quantitative estimate of drug-likeness (QED) is 0.449. The number of fused-ring (bicyclic) bond motifs is 1. The summed E-state index contributed by atoms with van der Waals surface area (Å²) in [7, 11) is 3.82. The smallest absolute Gasteiger partial charge is 0.415 e. The molecule has 0 bridgehead atoms. The second kappa shape index (κ2) is 11.0. The standard InChI is InChI=1S/C24H32BN6O3/c1-4-31-22-20(15-34-24(31)33)13-26-23(28-22)27-17(2)19-7-5-18(6-8-19)14-29(3)21-9-11-30(12-10-21)25-16-32/h5-8,13,16-17,21H,4,9-12,14-15H2,1-3H3,(H,26,27,28)/t17-/m0/s1. The summed E-state index contributed by atoms with van der Waals surface area (Å²) >= 11 is 0. The van der Waals surface area contributed by atoms with Crippen LogP contribution >= 0.6 is 0 Å². The zero-order chi connectivity index (χ0) is 24.1. The van der Waals surface area contributed by atoms with Crippen molar-refractivity contribution in [3.05, 3.63) is 47.2 Å². The summed E-state index contributed by atoms with van der Waals surface area (Å²) in [5.74, 6) is 1.10. The van der Waals surface area contributed by atoms with Crippen LogP contribution in [-0.2, 0) is 22.7 Å². The number of ether oxygens (including phenoxy) is 1. The van der Waals surface area contributed by atoms with E-state index >= 15 is 0 Å². The van der Waals surface area contributed by atoms with Gasteiger partial charge in [-0.05, 0) is 58.0 Å². The predicted octanol–water partition coefficient (Wildman–Crippen LogP) is 2.83. The van der Waals surface area contributed by atoms with Crippen molar-refractivity contribution >= 4 is 31.5 Å². The lowest BCUT2D eigenvalue weighted by Crippen LogP contribution is -2.44. The van der Waals surface area contributed by atoms with Crippen molar-refractivity contribution in [1.29, 1.82) is 0 Å². The Morgan fingerprint density at radius 3 is 2.71 bits per heavy atom. The van der Waals surface area contributed by atoms with Gasteiger partial charge in [0.15, 0.2) is 0 Å². The summed E-state index contributed by atoms with van der Waals surface area (Å²) < 4.78 is 5.16. The van der Waals surface area contributed by atoms with Gasteiger partial charge in [0.1, 0.15) is 12.4 Å². The van der Waals surface area contributed by atoms with E-state index in [-0.39, 0.29) is 18.7 Å². The van der Waals surface area contributed by atoms with E-state index in [9.17, 15) is 9.59 Å². The molecule has 1 fully saturated rings. The van der Waals surface area contributed by atoms with Crippen molar-refractivity contribution in [3.8, 4) is 0 Å². The van der Waals surface area contributed by atoms with E-state index in [1.54, 1.807) is 13.6 Å². The maximum atomic E-state index is 12.0. The van der Waals surface area contributed by atoms with Gasteiger partial charge in [-0.25, -0.2) is 9.78 Å². The van der Waals surface area contributed by atoms with Gasteiger partial charge in [-0.3, -0.25) is 9.80 Å². The van der Waals surface area contributed by atoms with Crippen molar-refractivity contribution in [2.75, 3.05) is 36.9 Å². The first-order valence-corrected chi connectivity index (χ1v) is 11.9. The molecule has 2 aliphatic heterocycles. The Kier molecular flexibility index (Phi) is 7.79. The average Bonchev–Trinajstić information content (AvgIpc) is 2.85. The van der Waals surface area contributed by atoms with Gasteiger partial charge in [0, 0.05) is 25.3 Å². The number of rotatable bonds is 9. The molecule has 1 aromatic heterocycles. The lowest BCUT2D eigenvalue weighted by Gasteiger charge is -2.36. The third-order valence-electron chi connectivity index (χ3n) is 6.64. The summed E-state index contributed by atoms with van der Waals surface area (Å²) in [6.45, 7) is 7.40. The zero-order valence-electron chi connectivity index (χ0n) is 20.1. The molecule has 1 aromatic carbocycles. The van der Waals surface area contributed by atoms with Gasteiger partial charge in [0.05, 0.1) is 17.8 Å². The first kappa shape index (κ1) is 24.2. The van der Waals surface area contributed by atoms with E-state index in [0.29, 0.717) is 24.4 Å². The van der Waals surface area contributed by atoms with Gasteiger partial charge in [-0.15, -0.1) is 0 Å². The number of carbonyl (C=O) groups is 2. The van der Waals surface area contributed by atoms with Gasteiger partial charge in [-0.2, -0.15) is 4.98 Å². The normalized spacial score (nSPS) is 17.8. The molecular formula is C24H32BN6O3. The summed E-state index contributed by atoms with van der Waals surface area (Å²) in [6.07, 6.45) is 4.34. The van der Waals surface area contributed by atoms with Crippen LogP contribution in [-0.4, -0.2) is 72.1 Å². The molecule has 9 nitrogen and oxygen atoms in total. The van der Waals surface area contributed by atoms with Gasteiger partial charge in [0.2, 0.25) is 5.95 Å². The van der Waals surface area contributed by atoms with Crippen LogP contribution in [0.1, 0.15) is 49.4 Å².